The van der Waals surface area contributed by atoms with E-state index in [2.05, 4.69) is 14.3 Å². The van der Waals surface area contributed by atoms with Crippen LogP contribution in [0.25, 0.3) is 10.3 Å². The van der Waals surface area contributed by atoms with Crippen molar-refractivity contribution in [3.63, 3.8) is 0 Å². The van der Waals surface area contributed by atoms with Gasteiger partial charge < -0.3 is 0 Å². The summed E-state index contributed by atoms with van der Waals surface area (Å²) in [5.41, 5.74) is 0.877. The highest BCUT2D eigenvalue weighted by Gasteiger charge is 1.92. The Morgan fingerprint density at radius 2 is 2.11 bits per heavy atom. The van der Waals surface area contributed by atoms with Gasteiger partial charge in [-0.25, -0.2) is 4.98 Å². The molecule has 3 nitrogen and oxygen atoms in total. The summed E-state index contributed by atoms with van der Waals surface area (Å²) in [5, 5.41) is 0. The maximum atomic E-state index is 4.03. The summed E-state index contributed by atoms with van der Waals surface area (Å²) in [6, 6.07) is 0. The van der Waals surface area contributed by atoms with Crippen LogP contribution in [0.15, 0.2) is 18.6 Å². The van der Waals surface area contributed by atoms with E-state index in [1.165, 1.54) is 11.5 Å². The molecular formula is C5H3N3S. The molecule has 0 aromatic carbocycles. The first-order chi connectivity index (χ1) is 4.47. The minimum absolute atomic E-state index is 0.877. The lowest BCUT2D eigenvalue weighted by atomic mass is 10.6. The summed E-state index contributed by atoms with van der Waals surface area (Å²) in [5.74, 6) is 0. The number of fused-ring (bicyclic) bond motifs is 1. The standard InChI is InChI=1S/C5H3N3S/c1-2-7-5-4(6-1)3-8-9-5/h1-3H. The van der Waals surface area contributed by atoms with Crippen LogP contribution < -0.4 is 0 Å². The Balaban J connectivity index is 2.95. The number of nitrogens with zero attached hydrogens (tertiary/aromatic N) is 3. The molecular weight excluding hydrogens is 134 g/mol. The van der Waals surface area contributed by atoms with Crippen LogP contribution in [0, 0.1) is 0 Å². The molecule has 0 saturated heterocycles. The highest BCUT2D eigenvalue weighted by Crippen LogP contribution is 2.09. The monoisotopic (exact) mass is 137 g/mol. The molecule has 0 bridgehead atoms. The van der Waals surface area contributed by atoms with E-state index in [0.717, 1.165) is 10.3 Å². The third-order valence-corrected chi connectivity index (χ3v) is 1.70. The average molecular weight is 137 g/mol. The molecule has 2 rings (SSSR count). The molecule has 44 valence electrons. The van der Waals surface area contributed by atoms with Crippen LogP contribution >= 0.6 is 11.5 Å². The molecule has 0 aliphatic heterocycles. The first-order valence-electron chi connectivity index (χ1n) is 2.48. The van der Waals surface area contributed by atoms with Gasteiger partial charge in [0.2, 0.25) is 0 Å². The molecule has 0 aliphatic carbocycles. The normalized spacial score (nSPS) is 10.2. The fourth-order valence-electron chi connectivity index (χ4n) is 0.621. The number of rotatable bonds is 0. The quantitative estimate of drug-likeness (QED) is 0.545. The lowest BCUT2D eigenvalue weighted by Crippen LogP contribution is -1.72. The lowest BCUT2D eigenvalue weighted by molar-refractivity contribution is 1.31. The predicted octanol–water partition coefficient (Wildman–Crippen LogP) is 1.09. The van der Waals surface area contributed by atoms with Crippen LogP contribution in [0.4, 0.5) is 0 Å². The van der Waals surface area contributed by atoms with Crippen molar-refractivity contribution in [2.75, 3.05) is 0 Å². The van der Waals surface area contributed by atoms with Gasteiger partial charge in [-0.1, -0.05) is 0 Å². The van der Waals surface area contributed by atoms with E-state index in [1.54, 1.807) is 18.6 Å². The van der Waals surface area contributed by atoms with Crippen molar-refractivity contribution < 1.29 is 0 Å². The fraction of sp³-hybridized carbons (Fsp3) is 0. The van der Waals surface area contributed by atoms with Gasteiger partial charge in [0.05, 0.1) is 6.20 Å². The Labute approximate surface area is 55.6 Å². The van der Waals surface area contributed by atoms with Crippen LogP contribution in [0.1, 0.15) is 0 Å². The Bertz CT molecular complexity index is 286. The maximum Gasteiger partial charge on any atom is 0.161 e. The molecule has 0 aliphatic rings. The molecule has 2 aromatic heterocycles. The van der Waals surface area contributed by atoms with E-state index < -0.39 is 0 Å². The molecule has 0 saturated carbocycles. The Kier molecular flexibility index (Phi) is 0.927. The zero-order valence-electron chi connectivity index (χ0n) is 4.48. The zero-order valence-corrected chi connectivity index (χ0v) is 5.30. The second kappa shape index (κ2) is 1.73. The molecule has 0 spiro atoms. The van der Waals surface area contributed by atoms with Gasteiger partial charge >= 0.3 is 0 Å². The molecule has 2 heterocycles. The maximum absolute atomic E-state index is 4.03. The van der Waals surface area contributed by atoms with Gasteiger partial charge in [0.15, 0.2) is 4.83 Å². The van der Waals surface area contributed by atoms with Crippen LogP contribution in [0.3, 0.4) is 0 Å². The van der Waals surface area contributed by atoms with E-state index in [1.807, 2.05) is 0 Å². The van der Waals surface area contributed by atoms with Gasteiger partial charge in [-0.2, -0.15) is 4.37 Å². The zero-order chi connectivity index (χ0) is 6.10. The molecule has 0 N–H and O–H groups in total. The van der Waals surface area contributed by atoms with Crippen molar-refractivity contribution in [1.82, 2.24) is 14.3 Å². The molecule has 0 unspecified atom stereocenters. The van der Waals surface area contributed by atoms with Crippen molar-refractivity contribution in [3.05, 3.63) is 18.6 Å². The Morgan fingerprint density at radius 1 is 1.22 bits per heavy atom. The van der Waals surface area contributed by atoms with Crippen molar-refractivity contribution in [2.45, 2.75) is 0 Å². The SMILES string of the molecule is c1cnc2sncc2n1. The van der Waals surface area contributed by atoms with E-state index in [4.69, 9.17) is 0 Å². The van der Waals surface area contributed by atoms with E-state index >= 15 is 0 Å². The summed E-state index contributed by atoms with van der Waals surface area (Å²) in [4.78, 5) is 8.96. The van der Waals surface area contributed by atoms with Crippen molar-refractivity contribution in [1.29, 1.82) is 0 Å². The lowest BCUT2D eigenvalue weighted by Gasteiger charge is -1.79. The summed E-state index contributed by atoms with van der Waals surface area (Å²) >= 11 is 1.36. The minimum atomic E-state index is 0.877. The Hall–Kier alpha value is -1.03. The van der Waals surface area contributed by atoms with Crippen LogP contribution in [-0.2, 0) is 0 Å². The highest BCUT2D eigenvalue weighted by atomic mass is 32.1. The fourth-order valence-corrected chi connectivity index (χ4v) is 1.18. The second-order valence-electron chi connectivity index (χ2n) is 1.57. The summed E-state index contributed by atoms with van der Waals surface area (Å²) in [6.07, 6.45) is 5.05. The molecule has 9 heavy (non-hydrogen) atoms. The minimum Gasteiger partial charge on any atom is -0.250 e. The van der Waals surface area contributed by atoms with Crippen LogP contribution in [0.2, 0.25) is 0 Å². The summed E-state index contributed by atoms with van der Waals surface area (Å²) in [6.45, 7) is 0. The first-order valence-corrected chi connectivity index (χ1v) is 3.25. The van der Waals surface area contributed by atoms with Gasteiger partial charge in [0, 0.05) is 12.4 Å². The first kappa shape index (κ1) is 4.81. The largest absolute Gasteiger partial charge is 0.250 e. The summed E-state index contributed by atoms with van der Waals surface area (Å²) < 4.78 is 3.92. The molecule has 4 heteroatoms. The average Bonchev–Trinajstić information content (AvgIpc) is 2.33. The van der Waals surface area contributed by atoms with Crippen LogP contribution in [0.5, 0.6) is 0 Å². The predicted molar refractivity (Wildman–Crippen MR) is 35.2 cm³/mol. The second-order valence-corrected chi connectivity index (χ2v) is 2.35. The molecule has 2 aromatic rings. The Morgan fingerprint density at radius 3 is 3.00 bits per heavy atom. The summed E-state index contributed by atoms with van der Waals surface area (Å²) in [7, 11) is 0. The molecule has 0 amide bonds. The molecule has 0 atom stereocenters. The number of hydrogen-bond donors (Lipinski definition) is 0. The van der Waals surface area contributed by atoms with Gasteiger partial charge in [0.1, 0.15) is 5.52 Å². The van der Waals surface area contributed by atoms with Gasteiger partial charge in [-0.3, -0.25) is 4.98 Å². The molecule has 0 radical (unpaired) electrons. The van der Waals surface area contributed by atoms with E-state index in [0.29, 0.717) is 0 Å². The van der Waals surface area contributed by atoms with Crippen LogP contribution in [-0.4, -0.2) is 14.3 Å². The smallest absolute Gasteiger partial charge is 0.161 e. The van der Waals surface area contributed by atoms with E-state index in [-0.39, 0.29) is 0 Å². The van der Waals surface area contributed by atoms with E-state index in [9.17, 15) is 0 Å². The third-order valence-electron chi connectivity index (χ3n) is 1.01. The van der Waals surface area contributed by atoms with Crippen molar-refractivity contribution in [3.8, 4) is 0 Å². The van der Waals surface area contributed by atoms with Gasteiger partial charge in [-0.15, -0.1) is 0 Å². The number of hydrogen-bond acceptors (Lipinski definition) is 4. The van der Waals surface area contributed by atoms with Gasteiger partial charge in [-0.05, 0) is 11.5 Å². The highest BCUT2D eigenvalue weighted by molar-refractivity contribution is 7.12. The number of aromatic nitrogens is 3. The third kappa shape index (κ3) is 0.675. The van der Waals surface area contributed by atoms with Gasteiger partial charge in [0.25, 0.3) is 0 Å². The molecule has 0 fully saturated rings. The topological polar surface area (TPSA) is 38.7 Å². The van der Waals surface area contributed by atoms with Crippen molar-refractivity contribution in [2.24, 2.45) is 0 Å². The van der Waals surface area contributed by atoms with Crippen molar-refractivity contribution >= 4 is 21.9 Å².